The number of hydrogen-bond donors (Lipinski definition) is 3. The smallest absolute Gasteiger partial charge is 0.241 e. The lowest BCUT2D eigenvalue weighted by atomic mass is 10.0. The van der Waals surface area contributed by atoms with Gasteiger partial charge in [0.15, 0.2) is 0 Å². The summed E-state index contributed by atoms with van der Waals surface area (Å²) in [6, 6.07) is 8.35. The first-order valence-electron chi connectivity index (χ1n) is 12.4. The van der Waals surface area contributed by atoms with Crippen molar-refractivity contribution < 1.29 is 9.59 Å². The molecule has 2 aliphatic heterocycles. The summed E-state index contributed by atoms with van der Waals surface area (Å²) in [5.74, 6) is 0.0929. The number of benzene rings is 1. The normalized spacial score (nSPS) is 20.9. The molecule has 0 spiro atoms. The van der Waals surface area contributed by atoms with Crippen molar-refractivity contribution in [2.45, 2.75) is 45.1 Å². The monoisotopic (exact) mass is 463 g/mol. The molecule has 1 aromatic carbocycles. The number of hydrogen-bond acceptors (Lipinski definition) is 7. The van der Waals surface area contributed by atoms with Gasteiger partial charge in [-0.15, -0.1) is 0 Å². The van der Waals surface area contributed by atoms with Gasteiger partial charge in [-0.05, 0) is 50.5 Å². The molecule has 1 aromatic heterocycles. The largest absolute Gasteiger partial charge is 0.369 e. The summed E-state index contributed by atoms with van der Waals surface area (Å²) in [7, 11) is 0. The van der Waals surface area contributed by atoms with Crippen molar-refractivity contribution in [1.82, 2.24) is 20.6 Å². The van der Waals surface area contributed by atoms with Gasteiger partial charge in [-0.2, -0.15) is 4.98 Å². The number of piperazine rings is 1. The van der Waals surface area contributed by atoms with Crippen LogP contribution in [0.1, 0.15) is 37.7 Å². The van der Waals surface area contributed by atoms with E-state index >= 15 is 0 Å². The van der Waals surface area contributed by atoms with E-state index in [2.05, 4.69) is 38.0 Å². The van der Waals surface area contributed by atoms with E-state index in [1.165, 1.54) is 5.69 Å². The molecular weight excluding hydrogens is 430 g/mol. The standard InChI is InChI=1S/C25H33N7O2/c1-17-16-28-25(29-18-6-8-19(9-7-18)31-14-12-26-13-15-31)30-22(17)32(20-4-2-3-5-20)24(34)21-10-11-27-23(21)33/h6-9,16,20-21,26H,2-5,10-15H2,1H3,(H,27,33)(H,28,29,30)/t21-/m1/s1. The van der Waals surface area contributed by atoms with Crippen molar-refractivity contribution >= 4 is 35.0 Å². The highest BCUT2D eigenvalue weighted by atomic mass is 16.2. The van der Waals surface area contributed by atoms with Crippen molar-refractivity contribution in [3.8, 4) is 0 Å². The van der Waals surface area contributed by atoms with E-state index in [0.717, 1.165) is 63.1 Å². The van der Waals surface area contributed by atoms with Crippen LogP contribution in [0.15, 0.2) is 30.5 Å². The zero-order valence-corrected chi connectivity index (χ0v) is 19.7. The number of aromatic nitrogens is 2. The summed E-state index contributed by atoms with van der Waals surface area (Å²) in [6.45, 7) is 6.47. The maximum absolute atomic E-state index is 13.5. The number of rotatable bonds is 6. The molecule has 180 valence electrons. The van der Waals surface area contributed by atoms with E-state index in [9.17, 15) is 9.59 Å². The maximum Gasteiger partial charge on any atom is 0.241 e. The van der Waals surface area contributed by atoms with Gasteiger partial charge in [0, 0.05) is 61.9 Å². The van der Waals surface area contributed by atoms with Gasteiger partial charge in [-0.3, -0.25) is 14.5 Å². The molecule has 3 N–H and O–H groups in total. The Balaban J connectivity index is 1.38. The van der Waals surface area contributed by atoms with Crippen molar-refractivity contribution in [2.24, 2.45) is 5.92 Å². The summed E-state index contributed by atoms with van der Waals surface area (Å²) >= 11 is 0. The van der Waals surface area contributed by atoms with Crippen LogP contribution < -0.4 is 25.8 Å². The lowest BCUT2D eigenvalue weighted by Gasteiger charge is -2.31. The minimum Gasteiger partial charge on any atom is -0.369 e. The maximum atomic E-state index is 13.5. The van der Waals surface area contributed by atoms with Crippen LogP contribution in [0, 0.1) is 12.8 Å². The summed E-state index contributed by atoms with van der Waals surface area (Å²) in [6.07, 6.45) is 6.32. The Kier molecular flexibility index (Phi) is 6.62. The Morgan fingerprint density at radius 3 is 2.50 bits per heavy atom. The molecule has 9 nitrogen and oxygen atoms in total. The molecule has 0 radical (unpaired) electrons. The second-order valence-electron chi connectivity index (χ2n) is 9.39. The minimum atomic E-state index is -0.635. The van der Waals surface area contributed by atoms with Gasteiger partial charge in [0.25, 0.3) is 0 Å². The van der Waals surface area contributed by atoms with Gasteiger partial charge in [-0.1, -0.05) is 12.8 Å². The second kappa shape index (κ2) is 9.97. The number of nitrogens with one attached hydrogen (secondary N) is 3. The number of aryl methyl sites for hydroxylation is 1. The molecule has 3 aliphatic rings. The van der Waals surface area contributed by atoms with Gasteiger partial charge < -0.3 is 20.9 Å². The van der Waals surface area contributed by atoms with Crippen LogP contribution in [0.5, 0.6) is 0 Å². The van der Waals surface area contributed by atoms with Gasteiger partial charge in [0.05, 0.1) is 0 Å². The Bertz CT molecular complexity index is 1030. The summed E-state index contributed by atoms with van der Waals surface area (Å²) < 4.78 is 0. The van der Waals surface area contributed by atoms with Crippen LogP contribution in [-0.2, 0) is 9.59 Å². The highest BCUT2D eigenvalue weighted by Crippen LogP contribution is 2.32. The highest BCUT2D eigenvalue weighted by molar-refractivity contribution is 6.08. The van der Waals surface area contributed by atoms with Crippen LogP contribution >= 0.6 is 0 Å². The lowest BCUT2D eigenvalue weighted by molar-refractivity contribution is -0.131. The van der Waals surface area contributed by atoms with E-state index in [4.69, 9.17) is 4.98 Å². The van der Waals surface area contributed by atoms with Crippen molar-refractivity contribution in [3.63, 3.8) is 0 Å². The molecule has 9 heteroatoms. The number of carbonyl (C=O) groups excluding carboxylic acids is 2. The average Bonchev–Trinajstić information content (AvgIpc) is 3.54. The molecule has 2 aromatic rings. The third-order valence-corrected chi connectivity index (χ3v) is 7.05. The number of amides is 2. The zero-order chi connectivity index (χ0) is 23.5. The first-order chi connectivity index (χ1) is 16.6. The van der Waals surface area contributed by atoms with E-state index in [-0.39, 0.29) is 17.9 Å². The van der Waals surface area contributed by atoms with Crippen LogP contribution in [0.3, 0.4) is 0 Å². The predicted molar refractivity (Wildman–Crippen MR) is 132 cm³/mol. The second-order valence-corrected chi connectivity index (χ2v) is 9.39. The number of carbonyl (C=O) groups is 2. The summed E-state index contributed by atoms with van der Waals surface area (Å²) in [5, 5.41) is 9.46. The molecule has 1 aliphatic carbocycles. The zero-order valence-electron chi connectivity index (χ0n) is 19.7. The highest BCUT2D eigenvalue weighted by Gasteiger charge is 2.39. The molecular formula is C25H33N7O2. The Morgan fingerprint density at radius 1 is 1.09 bits per heavy atom. The van der Waals surface area contributed by atoms with E-state index in [0.29, 0.717) is 24.7 Å². The summed E-state index contributed by atoms with van der Waals surface area (Å²) in [5.41, 5.74) is 2.92. The lowest BCUT2D eigenvalue weighted by Crippen LogP contribution is -2.45. The first kappa shape index (κ1) is 22.6. The fourth-order valence-electron chi connectivity index (χ4n) is 5.16. The Morgan fingerprint density at radius 2 is 1.82 bits per heavy atom. The summed E-state index contributed by atoms with van der Waals surface area (Å²) in [4.78, 5) is 39.2. The molecule has 1 atom stereocenters. The fourth-order valence-corrected chi connectivity index (χ4v) is 5.16. The predicted octanol–water partition coefficient (Wildman–Crippen LogP) is 2.35. The fraction of sp³-hybridized carbons (Fsp3) is 0.520. The van der Waals surface area contributed by atoms with E-state index in [1.807, 2.05) is 19.1 Å². The van der Waals surface area contributed by atoms with E-state index in [1.54, 1.807) is 11.1 Å². The average molecular weight is 464 g/mol. The molecule has 0 bridgehead atoms. The molecule has 3 fully saturated rings. The minimum absolute atomic E-state index is 0.0701. The molecule has 1 saturated carbocycles. The van der Waals surface area contributed by atoms with Crippen molar-refractivity contribution in [2.75, 3.05) is 47.8 Å². The first-order valence-corrected chi connectivity index (χ1v) is 12.4. The quantitative estimate of drug-likeness (QED) is 0.565. The third-order valence-electron chi connectivity index (χ3n) is 7.05. The molecule has 5 rings (SSSR count). The molecule has 2 amide bonds. The van der Waals surface area contributed by atoms with Crippen molar-refractivity contribution in [1.29, 1.82) is 0 Å². The van der Waals surface area contributed by atoms with Crippen LogP contribution in [0.25, 0.3) is 0 Å². The van der Waals surface area contributed by atoms with Crippen LogP contribution in [-0.4, -0.2) is 60.5 Å². The number of anilines is 4. The Labute approximate surface area is 200 Å². The topological polar surface area (TPSA) is 102 Å². The van der Waals surface area contributed by atoms with Gasteiger partial charge in [-0.25, -0.2) is 4.98 Å². The Hall–Kier alpha value is -3.20. The molecule has 0 unspecified atom stereocenters. The van der Waals surface area contributed by atoms with E-state index < -0.39 is 5.92 Å². The SMILES string of the molecule is Cc1cnc(Nc2ccc(N3CCNCC3)cc2)nc1N(C(=O)[C@@H]1CCNC1=O)C1CCCC1. The van der Waals surface area contributed by atoms with Crippen LogP contribution in [0.4, 0.5) is 23.1 Å². The van der Waals surface area contributed by atoms with Crippen molar-refractivity contribution in [3.05, 3.63) is 36.0 Å². The van der Waals surface area contributed by atoms with Gasteiger partial charge in [0.2, 0.25) is 17.8 Å². The van der Waals surface area contributed by atoms with Gasteiger partial charge in [0.1, 0.15) is 11.7 Å². The third kappa shape index (κ3) is 4.70. The number of nitrogens with zero attached hydrogens (tertiary/aromatic N) is 4. The molecule has 3 heterocycles. The molecule has 34 heavy (non-hydrogen) atoms. The van der Waals surface area contributed by atoms with Crippen LogP contribution in [0.2, 0.25) is 0 Å². The van der Waals surface area contributed by atoms with Gasteiger partial charge >= 0.3 is 0 Å². The molecule has 2 saturated heterocycles.